The molecule has 3 aromatic rings. The molecular weight excluding hydrogens is 318 g/mol. The van der Waals surface area contributed by atoms with Gasteiger partial charge in [-0.2, -0.15) is 0 Å². The van der Waals surface area contributed by atoms with Crippen molar-refractivity contribution < 1.29 is 0 Å². The van der Waals surface area contributed by atoms with E-state index in [2.05, 4.69) is 82.6 Å². The second-order valence-electron chi connectivity index (χ2n) is 6.90. The Morgan fingerprint density at radius 3 is 2.19 bits per heavy atom. The molecule has 1 aromatic heterocycles. The van der Waals surface area contributed by atoms with E-state index < -0.39 is 0 Å². The lowest BCUT2D eigenvalue weighted by molar-refractivity contribution is 0.627. The lowest BCUT2D eigenvalue weighted by Crippen LogP contribution is -1.97. The minimum Gasteiger partial charge on any atom is -0.244 e. The number of fused-ring (bicyclic) bond motifs is 1. The number of aryl methyl sites for hydroxylation is 2. The summed E-state index contributed by atoms with van der Waals surface area (Å²) in [5.74, 6) is 0. The third-order valence-electron chi connectivity index (χ3n) is 5.11. The summed E-state index contributed by atoms with van der Waals surface area (Å²) in [5, 5.41) is 8.94. The van der Waals surface area contributed by atoms with E-state index in [0.717, 1.165) is 25.1 Å². The molecule has 2 heterocycles. The minimum atomic E-state index is 0.925. The van der Waals surface area contributed by atoms with Gasteiger partial charge >= 0.3 is 0 Å². The average Bonchev–Trinajstić information content (AvgIpc) is 3.28. The maximum Gasteiger partial charge on any atom is 0.0903 e. The van der Waals surface area contributed by atoms with Gasteiger partial charge in [-0.25, -0.2) is 4.68 Å². The van der Waals surface area contributed by atoms with Crippen LogP contribution in [0.4, 0.5) is 0 Å². The molecular formula is C23H25N3. The van der Waals surface area contributed by atoms with Crippen LogP contribution in [0, 0.1) is 0 Å². The van der Waals surface area contributed by atoms with E-state index >= 15 is 0 Å². The molecule has 0 spiro atoms. The van der Waals surface area contributed by atoms with Gasteiger partial charge in [0.2, 0.25) is 0 Å². The Kier molecular flexibility index (Phi) is 4.96. The fourth-order valence-corrected chi connectivity index (χ4v) is 3.85. The Balaban J connectivity index is 1.85. The van der Waals surface area contributed by atoms with E-state index in [1.54, 1.807) is 0 Å². The second-order valence-corrected chi connectivity index (χ2v) is 6.90. The highest BCUT2D eigenvalue weighted by Gasteiger charge is 2.26. The molecule has 0 aliphatic carbocycles. The number of unbranched alkanes of at least 4 members (excludes halogenated alkanes) is 2. The molecule has 0 radical (unpaired) electrons. The van der Waals surface area contributed by atoms with Crippen LogP contribution in [0.2, 0.25) is 0 Å². The molecule has 0 unspecified atom stereocenters. The van der Waals surface area contributed by atoms with Crippen LogP contribution in [0.25, 0.3) is 11.1 Å². The van der Waals surface area contributed by atoms with Crippen molar-refractivity contribution in [3.63, 3.8) is 0 Å². The predicted octanol–water partition coefficient (Wildman–Crippen LogP) is 5.37. The Labute approximate surface area is 155 Å². The molecule has 0 amide bonds. The monoisotopic (exact) mass is 343 g/mol. The lowest BCUT2D eigenvalue weighted by Gasteiger charge is -2.13. The molecule has 0 N–H and O–H groups in total. The second kappa shape index (κ2) is 7.69. The molecule has 2 aromatic carbocycles. The van der Waals surface area contributed by atoms with Gasteiger partial charge in [0.05, 0.1) is 11.4 Å². The maximum absolute atomic E-state index is 4.51. The van der Waals surface area contributed by atoms with Crippen LogP contribution in [-0.4, -0.2) is 15.0 Å². The van der Waals surface area contributed by atoms with Gasteiger partial charge in [0.15, 0.2) is 0 Å². The third-order valence-corrected chi connectivity index (χ3v) is 5.11. The molecule has 3 nitrogen and oxygen atoms in total. The SMILES string of the molecule is CCCCCc1nnn2c1C(=C(c1ccccc1)c1ccccc1)CC2. The summed E-state index contributed by atoms with van der Waals surface area (Å²) in [7, 11) is 0. The standard InChI is InChI=1S/C23H25N3/c1-2-3-6-15-21-23-20(16-17-26(23)25-24-21)22(18-11-7-4-8-12-18)19-13-9-5-10-14-19/h4-5,7-14H,2-3,6,15-17H2,1H3. The number of hydrogen-bond acceptors (Lipinski definition) is 2. The van der Waals surface area contributed by atoms with Gasteiger partial charge in [-0.05, 0) is 41.5 Å². The summed E-state index contributed by atoms with van der Waals surface area (Å²) < 4.78 is 2.10. The lowest BCUT2D eigenvalue weighted by atomic mass is 9.90. The van der Waals surface area contributed by atoms with Crippen LogP contribution >= 0.6 is 0 Å². The van der Waals surface area contributed by atoms with E-state index in [0.29, 0.717) is 0 Å². The van der Waals surface area contributed by atoms with Gasteiger partial charge in [0.25, 0.3) is 0 Å². The zero-order chi connectivity index (χ0) is 17.8. The normalized spacial score (nSPS) is 13.0. The van der Waals surface area contributed by atoms with Crippen LogP contribution in [0.3, 0.4) is 0 Å². The molecule has 0 saturated heterocycles. The summed E-state index contributed by atoms with van der Waals surface area (Å²) in [4.78, 5) is 0. The van der Waals surface area contributed by atoms with Crippen LogP contribution in [-0.2, 0) is 13.0 Å². The molecule has 4 rings (SSSR count). The van der Waals surface area contributed by atoms with E-state index in [1.807, 2.05) is 0 Å². The Morgan fingerprint density at radius 1 is 0.923 bits per heavy atom. The van der Waals surface area contributed by atoms with Crippen LogP contribution in [0.5, 0.6) is 0 Å². The fraction of sp³-hybridized carbons (Fsp3) is 0.304. The third kappa shape index (κ3) is 3.22. The molecule has 3 heteroatoms. The topological polar surface area (TPSA) is 30.7 Å². The first-order valence-electron chi connectivity index (χ1n) is 9.65. The smallest absolute Gasteiger partial charge is 0.0903 e. The summed E-state index contributed by atoms with van der Waals surface area (Å²) >= 11 is 0. The van der Waals surface area contributed by atoms with Gasteiger partial charge in [0.1, 0.15) is 0 Å². The van der Waals surface area contributed by atoms with Gasteiger partial charge in [-0.15, -0.1) is 5.10 Å². The molecule has 0 bridgehead atoms. The molecule has 1 aliphatic rings. The van der Waals surface area contributed by atoms with Crippen molar-refractivity contribution in [2.45, 2.75) is 45.6 Å². The predicted molar refractivity (Wildman–Crippen MR) is 107 cm³/mol. The largest absolute Gasteiger partial charge is 0.244 e. The number of allylic oxidation sites excluding steroid dienone is 1. The highest BCUT2D eigenvalue weighted by molar-refractivity contribution is 5.99. The van der Waals surface area contributed by atoms with Crippen molar-refractivity contribution >= 4 is 11.1 Å². The van der Waals surface area contributed by atoms with E-state index in [-0.39, 0.29) is 0 Å². The van der Waals surface area contributed by atoms with E-state index in [9.17, 15) is 0 Å². The Bertz CT molecular complexity index is 850. The number of rotatable bonds is 6. The number of aromatic nitrogens is 3. The van der Waals surface area contributed by atoms with Crippen molar-refractivity contribution in [3.05, 3.63) is 83.2 Å². The minimum absolute atomic E-state index is 0.925. The summed E-state index contributed by atoms with van der Waals surface area (Å²) in [6.45, 7) is 3.17. The zero-order valence-electron chi connectivity index (χ0n) is 15.4. The highest BCUT2D eigenvalue weighted by atomic mass is 15.4. The van der Waals surface area contributed by atoms with Gasteiger partial charge in [-0.3, -0.25) is 0 Å². The quantitative estimate of drug-likeness (QED) is 0.563. The van der Waals surface area contributed by atoms with Crippen LogP contribution in [0.1, 0.15) is 55.1 Å². The van der Waals surface area contributed by atoms with Gasteiger partial charge in [0, 0.05) is 6.54 Å². The number of nitrogens with zero attached hydrogens (tertiary/aromatic N) is 3. The fourth-order valence-electron chi connectivity index (χ4n) is 3.85. The zero-order valence-corrected chi connectivity index (χ0v) is 15.4. The van der Waals surface area contributed by atoms with Crippen molar-refractivity contribution in [2.75, 3.05) is 0 Å². The Hall–Kier alpha value is -2.68. The van der Waals surface area contributed by atoms with Crippen molar-refractivity contribution in [3.8, 4) is 0 Å². The Morgan fingerprint density at radius 2 is 1.58 bits per heavy atom. The van der Waals surface area contributed by atoms with Crippen molar-refractivity contribution in [1.29, 1.82) is 0 Å². The average molecular weight is 343 g/mol. The molecule has 0 atom stereocenters. The maximum atomic E-state index is 4.51. The molecule has 0 fully saturated rings. The first-order chi connectivity index (χ1) is 12.9. The number of benzene rings is 2. The van der Waals surface area contributed by atoms with Crippen LogP contribution in [0.15, 0.2) is 60.7 Å². The first kappa shape index (κ1) is 16.8. The number of hydrogen-bond donors (Lipinski definition) is 0. The molecule has 26 heavy (non-hydrogen) atoms. The van der Waals surface area contributed by atoms with Crippen molar-refractivity contribution in [2.24, 2.45) is 0 Å². The summed E-state index contributed by atoms with van der Waals surface area (Å²) in [6.07, 6.45) is 5.69. The van der Waals surface area contributed by atoms with Gasteiger partial charge < -0.3 is 0 Å². The van der Waals surface area contributed by atoms with Gasteiger partial charge in [-0.1, -0.05) is 85.6 Å². The van der Waals surface area contributed by atoms with Crippen molar-refractivity contribution in [1.82, 2.24) is 15.0 Å². The first-order valence-corrected chi connectivity index (χ1v) is 9.65. The summed E-state index contributed by atoms with van der Waals surface area (Å²) in [5.41, 5.74) is 7.66. The molecule has 1 aliphatic heterocycles. The summed E-state index contributed by atoms with van der Waals surface area (Å²) in [6, 6.07) is 21.4. The highest BCUT2D eigenvalue weighted by Crippen LogP contribution is 2.39. The molecule has 132 valence electrons. The van der Waals surface area contributed by atoms with Crippen LogP contribution < -0.4 is 0 Å². The van der Waals surface area contributed by atoms with E-state index in [4.69, 9.17) is 0 Å². The van der Waals surface area contributed by atoms with E-state index in [1.165, 1.54) is 47.2 Å². The molecule has 0 saturated carbocycles.